The van der Waals surface area contributed by atoms with Crippen LogP contribution in [0.2, 0.25) is 0 Å². The molecule has 0 spiro atoms. The first-order valence-electron chi connectivity index (χ1n) is 8.75. The number of hydrogen-bond donors (Lipinski definition) is 2. The van der Waals surface area contributed by atoms with E-state index in [0.29, 0.717) is 17.3 Å². The third-order valence-electron chi connectivity index (χ3n) is 5.45. The van der Waals surface area contributed by atoms with Crippen LogP contribution in [0, 0.1) is 0 Å². The van der Waals surface area contributed by atoms with Gasteiger partial charge in [0.15, 0.2) is 0 Å². The molecule has 0 radical (unpaired) electrons. The molecule has 0 amide bonds. The van der Waals surface area contributed by atoms with Crippen molar-refractivity contribution in [2.45, 2.75) is 76.0 Å². The second-order valence-electron chi connectivity index (χ2n) is 6.98. The lowest BCUT2D eigenvalue weighted by atomic mass is 9.73. The molecule has 1 aromatic rings. The van der Waals surface area contributed by atoms with E-state index in [1.165, 1.54) is 75.3 Å². The molecule has 0 heterocycles. The van der Waals surface area contributed by atoms with Crippen LogP contribution in [0.3, 0.4) is 0 Å². The highest BCUT2D eigenvalue weighted by Gasteiger charge is 2.23. The van der Waals surface area contributed by atoms with E-state index in [-0.39, 0.29) is 0 Å². The Morgan fingerprint density at radius 2 is 1.10 bits per heavy atom. The van der Waals surface area contributed by atoms with Crippen LogP contribution in [-0.2, 0) is 0 Å². The topological polar surface area (TPSA) is 40.5 Å². The number of rotatable bonds is 3. The normalized spacial score (nSPS) is 21.4. The van der Waals surface area contributed by atoms with Crippen molar-refractivity contribution in [2.24, 2.45) is 0 Å². The largest absolute Gasteiger partial charge is 0.488 e. The maximum atomic E-state index is 9.62. The lowest BCUT2D eigenvalue weighted by molar-refractivity contribution is 0.423. The predicted molar refractivity (Wildman–Crippen MR) is 87.9 cm³/mol. The minimum absolute atomic E-state index is 0.625. The summed E-state index contributed by atoms with van der Waals surface area (Å²) in [6.07, 6.45) is 13.0. The van der Waals surface area contributed by atoms with Gasteiger partial charge in [-0.15, -0.1) is 0 Å². The van der Waals surface area contributed by atoms with Crippen molar-refractivity contribution < 1.29 is 10.0 Å². The van der Waals surface area contributed by atoms with Gasteiger partial charge in [-0.05, 0) is 54.1 Å². The molecular weight excluding hydrogens is 259 g/mol. The van der Waals surface area contributed by atoms with Crippen LogP contribution in [0.4, 0.5) is 0 Å². The average molecular weight is 286 g/mol. The van der Waals surface area contributed by atoms with E-state index in [4.69, 9.17) is 0 Å². The van der Waals surface area contributed by atoms with Gasteiger partial charge in [0, 0.05) is 0 Å². The van der Waals surface area contributed by atoms with Gasteiger partial charge in [-0.1, -0.05) is 56.7 Å². The third kappa shape index (κ3) is 3.70. The summed E-state index contributed by atoms with van der Waals surface area (Å²) in [5.41, 5.74) is 3.39. The fourth-order valence-corrected chi connectivity index (χ4v) is 4.19. The molecule has 0 saturated heterocycles. The highest BCUT2D eigenvalue weighted by atomic mass is 16.4. The Balaban J connectivity index is 1.89. The minimum atomic E-state index is -1.34. The minimum Gasteiger partial charge on any atom is -0.423 e. The molecule has 114 valence electrons. The summed E-state index contributed by atoms with van der Waals surface area (Å²) in [5.74, 6) is 1.25. The molecular formula is C18H27BO2. The summed E-state index contributed by atoms with van der Waals surface area (Å²) < 4.78 is 0. The van der Waals surface area contributed by atoms with Gasteiger partial charge in [-0.2, -0.15) is 0 Å². The second kappa shape index (κ2) is 6.98. The smallest absolute Gasteiger partial charge is 0.423 e. The number of hydrogen-bond acceptors (Lipinski definition) is 2. The van der Waals surface area contributed by atoms with Crippen molar-refractivity contribution in [1.29, 1.82) is 0 Å². The first kappa shape index (κ1) is 15.1. The fraction of sp³-hybridized carbons (Fsp3) is 0.667. The first-order valence-corrected chi connectivity index (χ1v) is 8.75. The molecule has 3 heteroatoms. The van der Waals surface area contributed by atoms with Crippen LogP contribution in [0.5, 0.6) is 0 Å². The van der Waals surface area contributed by atoms with Gasteiger partial charge in [0.05, 0.1) is 0 Å². The average Bonchev–Trinajstić information content (AvgIpc) is 2.56. The Morgan fingerprint density at radius 1 is 0.667 bits per heavy atom. The molecule has 0 bridgehead atoms. The summed E-state index contributed by atoms with van der Waals surface area (Å²) in [6.45, 7) is 0. The summed E-state index contributed by atoms with van der Waals surface area (Å²) in [7, 11) is -1.34. The van der Waals surface area contributed by atoms with Crippen LogP contribution in [0.1, 0.15) is 87.2 Å². The van der Waals surface area contributed by atoms with Gasteiger partial charge in [-0.3, -0.25) is 0 Å². The van der Waals surface area contributed by atoms with E-state index < -0.39 is 7.12 Å². The Labute approximate surface area is 128 Å². The molecule has 0 unspecified atom stereocenters. The van der Waals surface area contributed by atoms with Gasteiger partial charge in [-0.25, -0.2) is 0 Å². The van der Waals surface area contributed by atoms with Crippen LogP contribution >= 0.6 is 0 Å². The number of benzene rings is 1. The summed E-state index contributed by atoms with van der Waals surface area (Å²) in [5, 5.41) is 19.2. The molecule has 2 fully saturated rings. The Kier molecular flexibility index (Phi) is 5.02. The molecule has 0 aromatic heterocycles. The zero-order chi connectivity index (χ0) is 14.7. The van der Waals surface area contributed by atoms with Crippen LogP contribution in [0.15, 0.2) is 18.2 Å². The van der Waals surface area contributed by atoms with E-state index >= 15 is 0 Å². The highest BCUT2D eigenvalue weighted by molar-refractivity contribution is 6.58. The molecule has 2 nitrogen and oxygen atoms in total. The molecule has 21 heavy (non-hydrogen) atoms. The quantitative estimate of drug-likeness (QED) is 0.835. The first-order chi connectivity index (χ1) is 10.2. The summed E-state index contributed by atoms with van der Waals surface area (Å²) >= 11 is 0. The Bertz CT molecular complexity index is 424. The fourth-order valence-electron chi connectivity index (χ4n) is 4.19. The van der Waals surface area contributed by atoms with Gasteiger partial charge in [0.1, 0.15) is 0 Å². The lowest BCUT2D eigenvalue weighted by Crippen LogP contribution is -2.31. The van der Waals surface area contributed by atoms with Gasteiger partial charge >= 0.3 is 7.12 Å². The third-order valence-corrected chi connectivity index (χ3v) is 5.45. The van der Waals surface area contributed by atoms with Crippen LogP contribution in [-0.4, -0.2) is 17.2 Å². The molecule has 1 aromatic carbocycles. The highest BCUT2D eigenvalue weighted by Crippen LogP contribution is 2.36. The maximum absolute atomic E-state index is 9.62. The molecule has 2 aliphatic rings. The van der Waals surface area contributed by atoms with E-state index in [1.807, 2.05) is 12.1 Å². The van der Waals surface area contributed by atoms with Crippen LogP contribution in [0.25, 0.3) is 0 Å². The molecule has 2 aliphatic carbocycles. The molecule has 3 rings (SSSR count). The van der Waals surface area contributed by atoms with Crippen molar-refractivity contribution >= 4 is 12.6 Å². The molecule has 0 atom stereocenters. The van der Waals surface area contributed by atoms with E-state index in [9.17, 15) is 10.0 Å². The molecule has 0 aliphatic heterocycles. The maximum Gasteiger partial charge on any atom is 0.488 e. The zero-order valence-corrected chi connectivity index (χ0v) is 12.9. The SMILES string of the molecule is OB(O)c1cc(C2CCCCC2)cc(C2CCCCC2)c1. The van der Waals surface area contributed by atoms with Gasteiger partial charge in [0.25, 0.3) is 0 Å². The van der Waals surface area contributed by atoms with Crippen LogP contribution < -0.4 is 5.46 Å². The van der Waals surface area contributed by atoms with E-state index in [1.54, 1.807) is 0 Å². The van der Waals surface area contributed by atoms with Crippen molar-refractivity contribution in [3.05, 3.63) is 29.3 Å². The zero-order valence-electron chi connectivity index (χ0n) is 12.9. The Morgan fingerprint density at radius 3 is 1.48 bits per heavy atom. The van der Waals surface area contributed by atoms with Crippen molar-refractivity contribution in [1.82, 2.24) is 0 Å². The van der Waals surface area contributed by atoms with E-state index in [2.05, 4.69) is 6.07 Å². The van der Waals surface area contributed by atoms with Crippen molar-refractivity contribution in [2.75, 3.05) is 0 Å². The summed E-state index contributed by atoms with van der Waals surface area (Å²) in [4.78, 5) is 0. The Hall–Kier alpha value is -0.795. The van der Waals surface area contributed by atoms with Gasteiger partial charge in [0.2, 0.25) is 0 Å². The predicted octanol–water partition coefficient (Wildman–Crippen LogP) is 3.46. The summed E-state index contributed by atoms with van der Waals surface area (Å²) in [6, 6.07) is 6.44. The van der Waals surface area contributed by atoms with Crippen molar-refractivity contribution in [3.8, 4) is 0 Å². The molecule has 2 saturated carbocycles. The van der Waals surface area contributed by atoms with Gasteiger partial charge < -0.3 is 10.0 Å². The lowest BCUT2D eigenvalue weighted by Gasteiger charge is -2.26. The molecule has 2 N–H and O–H groups in total. The second-order valence-corrected chi connectivity index (χ2v) is 6.98. The van der Waals surface area contributed by atoms with E-state index in [0.717, 1.165) is 0 Å². The standard InChI is InChI=1S/C18H27BO2/c20-19(21)18-12-16(14-7-3-1-4-8-14)11-17(13-18)15-9-5-2-6-10-15/h11-15,20-21H,1-10H2. The van der Waals surface area contributed by atoms with Crippen molar-refractivity contribution in [3.63, 3.8) is 0 Å². The monoisotopic (exact) mass is 286 g/mol.